The first-order valence-corrected chi connectivity index (χ1v) is 6.01. The van der Waals surface area contributed by atoms with Crippen molar-refractivity contribution in [3.63, 3.8) is 0 Å². The van der Waals surface area contributed by atoms with Crippen molar-refractivity contribution in [2.75, 3.05) is 0 Å². The highest BCUT2D eigenvalue weighted by Crippen LogP contribution is 2.15. The molecule has 6 nitrogen and oxygen atoms in total. The predicted octanol–water partition coefficient (Wildman–Crippen LogP) is 1.42. The number of hydrogen-bond acceptors (Lipinski definition) is 3. The van der Waals surface area contributed by atoms with Crippen LogP contribution in [-0.4, -0.2) is 23.0 Å². The minimum Gasteiger partial charge on any atom is -0.478 e. The van der Waals surface area contributed by atoms with Crippen molar-refractivity contribution in [2.24, 2.45) is 0 Å². The number of carboxylic acids is 1. The molecule has 0 fully saturated rings. The van der Waals surface area contributed by atoms with Crippen molar-refractivity contribution in [1.82, 2.24) is 10.6 Å². The van der Waals surface area contributed by atoms with Crippen LogP contribution in [0.1, 0.15) is 5.56 Å². The molecular formula is C12H11BrN2O4. The number of benzene rings is 1. The second-order valence-electron chi connectivity index (χ2n) is 3.43. The Morgan fingerprint density at radius 3 is 2.53 bits per heavy atom. The lowest BCUT2D eigenvalue weighted by Crippen LogP contribution is -2.38. The van der Waals surface area contributed by atoms with Gasteiger partial charge in [-0.15, -0.1) is 0 Å². The van der Waals surface area contributed by atoms with Crippen LogP contribution in [0.2, 0.25) is 0 Å². The van der Waals surface area contributed by atoms with Crippen molar-refractivity contribution in [3.05, 3.63) is 46.5 Å². The molecule has 0 saturated heterocycles. The molecular weight excluding hydrogens is 316 g/mol. The zero-order valence-electron chi connectivity index (χ0n) is 9.72. The van der Waals surface area contributed by atoms with Crippen molar-refractivity contribution in [2.45, 2.75) is 6.54 Å². The van der Waals surface area contributed by atoms with E-state index in [0.29, 0.717) is 6.08 Å². The molecule has 0 saturated carbocycles. The van der Waals surface area contributed by atoms with Gasteiger partial charge in [0.25, 0.3) is 5.91 Å². The molecule has 0 aliphatic rings. The third-order valence-electron chi connectivity index (χ3n) is 2.01. The largest absolute Gasteiger partial charge is 0.478 e. The molecule has 0 aliphatic carbocycles. The molecule has 7 heteroatoms. The van der Waals surface area contributed by atoms with Gasteiger partial charge in [-0.3, -0.25) is 10.1 Å². The van der Waals surface area contributed by atoms with E-state index in [2.05, 4.69) is 21.2 Å². The number of urea groups is 1. The van der Waals surface area contributed by atoms with Crippen molar-refractivity contribution < 1.29 is 19.5 Å². The summed E-state index contributed by atoms with van der Waals surface area (Å²) in [7, 11) is 0. The van der Waals surface area contributed by atoms with E-state index in [-0.39, 0.29) is 6.54 Å². The van der Waals surface area contributed by atoms with Gasteiger partial charge in [-0.1, -0.05) is 34.1 Å². The van der Waals surface area contributed by atoms with Crippen LogP contribution in [0, 0.1) is 0 Å². The summed E-state index contributed by atoms with van der Waals surface area (Å²) in [4.78, 5) is 32.6. The summed E-state index contributed by atoms with van der Waals surface area (Å²) < 4.78 is 0.840. The Hall–Kier alpha value is -2.15. The number of hydrogen-bond donors (Lipinski definition) is 3. The molecule has 3 amide bonds. The fourth-order valence-corrected chi connectivity index (χ4v) is 1.59. The molecule has 0 aliphatic heterocycles. The summed E-state index contributed by atoms with van der Waals surface area (Å²) >= 11 is 3.32. The minimum absolute atomic E-state index is 0.239. The number of halogens is 1. The standard InChI is InChI=1S/C12H11BrN2O4/c13-9-4-2-1-3-8(9)7-14-12(19)15-10(16)5-6-11(17)18/h1-6H,7H2,(H,17,18)(H2,14,15,16,19). The third-order valence-corrected chi connectivity index (χ3v) is 2.78. The number of carbonyl (C=O) groups is 3. The Kier molecular flexibility index (Phi) is 5.74. The normalized spacial score (nSPS) is 10.2. The number of aliphatic carboxylic acids is 1. The second-order valence-corrected chi connectivity index (χ2v) is 4.29. The molecule has 0 bridgehead atoms. The quantitative estimate of drug-likeness (QED) is 0.729. The molecule has 0 unspecified atom stereocenters. The average molecular weight is 327 g/mol. The van der Waals surface area contributed by atoms with Gasteiger partial charge in [0.15, 0.2) is 0 Å². The molecule has 0 aromatic heterocycles. The van der Waals surface area contributed by atoms with Crippen LogP contribution >= 0.6 is 15.9 Å². The van der Waals surface area contributed by atoms with Gasteiger partial charge >= 0.3 is 12.0 Å². The van der Waals surface area contributed by atoms with E-state index in [4.69, 9.17) is 5.11 Å². The maximum absolute atomic E-state index is 11.3. The van der Waals surface area contributed by atoms with Crippen LogP contribution in [0.5, 0.6) is 0 Å². The summed E-state index contributed by atoms with van der Waals surface area (Å²) in [5, 5.41) is 12.8. The fourth-order valence-electron chi connectivity index (χ4n) is 1.16. The average Bonchev–Trinajstić information content (AvgIpc) is 2.35. The van der Waals surface area contributed by atoms with E-state index in [1.54, 1.807) is 0 Å². The van der Waals surface area contributed by atoms with E-state index in [9.17, 15) is 14.4 Å². The first kappa shape index (κ1) is 14.9. The molecule has 1 rings (SSSR count). The van der Waals surface area contributed by atoms with Crippen LogP contribution in [0.3, 0.4) is 0 Å². The molecule has 0 radical (unpaired) electrons. The lowest BCUT2D eigenvalue weighted by molar-refractivity contribution is -0.131. The van der Waals surface area contributed by atoms with Crippen molar-refractivity contribution >= 4 is 33.8 Å². The van der Waals surface area contributed by atoms with Gasteiger partial charge in [-0.2, -0.15) is 0 Å². The number of imide groups is 1. The maximum atomic E-state index is 11.3. The first-order valence-electron chi connectivity index (χ1n) is 5.22. The van der Waals surface area contributed by atoms with Crippen LogP contribution in [-0.2, 0) is 16.1 Å². The highest BCUT2D eigenvalue weighted by atomic mass is 79.9. The molecule has 1 aromatic rings. The zero-order valence-corrected chi connectivity index (χ0v) is 11.3. The molecule has 0 heterocycles. The Balaban J connectivity index is 2.42. The second kappa shape index (κ2) is 7.32. The van der Waals surface area contributed by atoms with E-state index in [1.807, 2.05) is 29.6 Å². The molecule has 100 valence electrons. The van der Waals surface area contributed by atoms with Crippen LogP contribution in [0.25, 0.3) is 0 Å². The number of rotatable bonds is 4. The van der Waals surface area contributed by atoms with Crippen LogP contribution in [0.4, 0.5) is 4.79 Å². The zero-order chi connectivity index (χ0) is 14.3. The summed E-state index contributed by atoms with van der Waals surface area (Å²) in [6, 6.07) is 6.61. The van der Waals surface area contributed by atoms with E-state index >= 15 is 0 Å². The summed E-state index contributed by atoms with van der Waals surface area (Å²) in [5.74, 6) is -2.06. The van der Waals surface area contributed by atoms with Gasteiger partial charge in [0.05, 0.1) is 0 Å². The van der Waals surface area contributed by atoms with E-state index in [1.165, 1.54) is 0 Å². The summed E-state index contributed by atoms with van der Waals surface area (Å²) in [5.41, 5.74) is 0.853. The van der Waals surface area contributed by atoms with Crippen LogP contribution < -0.4 is 10.6 Å². The highest BCUT2D eigenvalue weighted by molar-refractivity contribution is 9.10. The summed E-state index contributed by atoms with van der Waals surface area (Å²) in [6.45, 7) is 0.239. The van der Waals surface area contributed by atoms with Crippen LogP contribution in [0.15, 0.2) is 40.9 Å². The van der Waals surface area contributed by atoms with Gasteiger partial charge in [0.1, 0.15) is 0 Å². The lowest BCUT2D eigenvalue weighted by atomic mass is 10.2. The SMILES string of the molecule is O=C(O)C=CC(=O)NC(=O)NCc1ccccc1Br. The van der Waals surface area contributed by atoms with Crippen molar-refractivity contribution in [1.29, 1.82) is 0 Å². The smallest absolute Gasteiger partial charge is 0.328 e. The number of carbonyl (C=O) groups excluding carboxylic acids is 2. The number of nitrogens with one attached hydrogen (secondary N) is 2. The van der Waals surface area contributed by atoms with E-state index < -0.39 is 17.9 Å². The van der Waals surface area contributed by atoms with Gasteiger partial charge in [0, 0.05) is 23.2 Å². The third kappa shape index (κ3) is 5.82. The topological polar surface area (TPSA) is 95.5 Å². The monoisotopic (exact) mass is 326 g/mol. The minimum atomic E-state index is -1.26. The predicted molar refractivity (Wildman–Crippen MR) is 71.3 cm³/mol. The highest BCUT2D eigenvalue weighted by Gasteiger charge is 2.05. The Labute approximate surface area is 117 Å². The Bertz CT molecular complexity index is 528. The van der Waals surface area contributed by atoms with Gasteiger partial charge in [-0.05, 0) is 11.6 Å². The molecule has 19 heavy (non-hydrogen) atoms. The summed E-state index contributed by atoms with van der Waals surface area (Å²) in [6.07, 6.45) is 1.41. The first-order chi connectivity index (χ1) is 8.99. The lowest BCUT2D eigenvalue weighted by Gasteiger charge is -2.06. The maximum Gasteiger partial charge on any atom is 0.328 e. The number of amides is 3. The Morgan fingerprint density at radius 2 is 1.89 bits per heavy atom. The number of carboxylic acid groups (broad SMARTS) is 1. The molecule has 1 aromatic carbocycles. The molecule has 0 spiro atoms. The fraction of sp³-hybridized carbons (Fsp3) is 0.0833. The van der Waals surface area contributed by atoms with E-state index in [0.717, 1.165) is 16.1 Å². The van der Waals surface area contributed by atoms with Gasteiger partial charge < -0.3 is 10.4 Å². The van der Waals surface area contributed by atoms with Gasteiger partial charge in [0.2, 0.25) is 0 Å². The molecule has 0 atom stereocenters. The Morgan fingerprint density at radius 1 is 1.21 bits per heavy atom. The van der Waals surface area contributed by atoms with Crippen molar-refractivity contribution in [3.8, 4) is 0 Å². The van der Waals surface area contributed by atoms with Gasteiger partial charge in [-0.25, -0.2) is 9.59 Å². The molecule has 3 N–H and O–H groups in total.